The van der Waals surface area contributed by atoms with Crippen LogP contribution in [0.1, 0.15) is 30.9 Å². The first-order valence-electron chi connectivity index (χ1n) is 18.9. The Bertz CT molecular complexity index is 1960. The predicted octanol–water partition coefficient (Wildman–Crippen LogP) is -5.73. The molecule has 0 aromatic heterocycles. The number of benzene rings is 2. The number of carboxylic acid groups (broad SMARTS) is 2. The minimum Gasteiger partial charge on any atom is -0.508 e. The van der Waals surface area contributed by atoms with Gasteiger partial charge < -0.3 is 74.2 Å². The average molecular weight is 906 g/mol. The maximum atomic E-state index is 13.3. The molecule has 0 radical (unpaired) electrons. The van der Waals surface area contributed by atoms with Crippen LogP contribution in [0, 0.1) is 0 Å². The number of aliphatic carboxylic acids is 2. The van der Waals surface area contributed by atoms with Crippen molar-refractivity contribution in [2.24, 2.45) is 11.5 Å². The first kappa shape index (κ1) is 52.3. The van der Waals surface area contributed by atoms with Gasteiger partial charge in [-0.2, -0.15) is 12.6 Å². The van der Waals surface area contributed by atoms with Crippen LogP contribution >= 0.6 is 12.6 Å². The van der Waals surface area contributed by atoms with E-state index in [9.17, 15) is 73.5 Å². The monoisotopic (exact) mass is 905 g/mol. The molecule has 0 saturated heterocycles. The lowest BCUT2D eigenvalue weighted by Crippen LogP contribution is -2.60. The number of nitrogens with one attached hydrogen (secondary N) is 7. The summed E-state index contributed by atoms with van der Waals surface area (Å²) in [5.41, 5.74) is 11.9. The molecule has 8 atom stereocenters. The van der Waals surface area contributed by atoms with Gasteiger partial charge in [-0.25, -0.2) is 4.79 Å². The molecule has 0 heterocycles. The summed E-state index contributed by atoms with van der Waals surface area (Å²) in [6.45, 7) is -0.945. The lowest BCUT2D eigenvalue weighted by molar-refractivity contribution is -0.143. The SMILES string of the molecule is C[C@@H](O)[C@H](NC(=O)CNC(=O)[C@H](CC(N)=O)NC(=O)[C@H](CC(=O)O)NC(=O)[C@H](CO)NC(=O)[C@H](Cc1ccc(O)cc1)NC(=O)[C@@H](N)CS)C(=O)N[C@@H](Cc1ccccc1)C(=O)O. The lowest BCUT2D eigenvalue weighted by atomic mass is 10.0. The summed E-state index contributed by atoms with van der Waals surface area (Å²) in [7, 11) is 0. The van der Waals surface area contributed by atoms with Gasteiger partial charge in [0.2, 0.25) is 47.3 Å². The molecule has 8 amide bonds. The summed E-state index contributed by atoms with van der Waals surface area (Å²) in [6, 6.07) is 2.19. The molecule has 0 fully saturated rings. The Morgan fingerprint density at radius 2 is 1.13 bits per heavy atom. The molecule has 0 unspecified atom stereocenters. The largest absolute Gasteiger partial charge is 0.508 e. The Labute approximate surface area is 364 Å². The maximum absolute atomic E-state index is 13.3. The van der Waals surface area contributed by atoms with Gasteiger partial charge >= 0.3 is 11.9 Å². The van der Waals surface area contributed by atoms with Crippen molar-refractivity contribution in [2.75, 3.05) is 18.9 Å². The fourth-order valence-electron chi connectivity index (χ4n) is 5.48. The Kier molecular flexibility index (Phi) is 21.4. The molecule has 2 rings (SSSR count). The predicted molar refractivity (Wildman–Crippen MR) is 221 cm³/mol. The molecule has 2 aromatic carbocycles. The summed E-state index contributed by atoms with van der Waals surface area (Å²) in [5, 5.41) is 64.0. The number of amides is 8. The molecule has 0 bridgehead atoms. The van der Waals surface area contributed by atoms with Crippen molar-refractivity contribution >= 4 is 71.8 Å². The number of aromatic hydroxyl groups is 1. The summed E-state index contributed by atoms with van der Waals surface area (Å²) in [6.07, 6.45) is -3.99. The van der Waals surface area contributed by atoms with Crippen LogP contribution < -0.4 is 48.7 Å². The van der Waals surface area contributed by atoms with Gasteiger partial charge in [0.05, 0.1) is 38.1 Å². The smallest absolute Gasteiger partial charge is 0.326 e. The first-order valence-corrected chi connectivity index (χ1v) is 19.6. The molecular weight excluding hydrogens is 855 g/mol. The third-order valence-electron chi connectivity index (χ3n) is 8.81. The van der Waals surface area contributed by atoms with Crippen molar-refractivity contribution < 1.29 is 73.5 Å². The van der Waals surface area contributed by atoms with Gasteiger partial charge in [0.1, 0.15) is 42.0 Å². The molecule has 0 aliphatic rings. The number of carbonyl (C=O) groups is 10. The quantitative estimate of drug-likeness (QED) is 0.0391. The molecule has 0 saturated carbocycles. The molecule has 0 aliphatic carbocycles. The number of carboxylic acids is 2. The number of aliphatic hydroxyl groups is 2. The number of aliphatic hydroxyl groups excluding tert-OH is 2. The summed E-state index contributed by atoms with van der Waals surface area (Å²) in [4.78, 5) is 127. The van der Waals surface area contributed by atoms with E-state index in [0.717, 1.165) is 6.92 Å². The van der Waals surface area contributed by atoms with Crippen molar-refractivity contribution in [3.05, 3.63) is 65.7 Å². The highest BCUT2D eigenvalue weighted by Crippen LogP contribution is 2.12. The van der Waals surface area contributed by atoms with Crippen LogP contribution in [0.25, 0.3) is 0 Å². The van der Waals surface area contributed by atoms with Gasteiger partial charge in [-0.15, -0.1) is 0 Å². The number of primary amides is 1. The molecule has 63 heavy (non-hydrogen) atoms. The third kappa shape index (κ3) is 18.4. The van der Waals surface area contributed by atoms with Crippen molar-refractivity contribution in [3.63, 3.8) is 0 Å². The van der Waals surface area contributed by atoms with E-state index in [-0.39, 0.29) is 24.3 Å². The second-order valence-corrected chi connectivity index (χ2v) is 14.3. The van der Waals surface area contributed by atoms with Crippen molar-refractivity contribution in [3.8, 4) is 5.75 Å². The van der Waals surface area contributed by atoms with Gasteiger partial charge in [0, 0.05) is 18.6 Å². The van der Waals surface area contributed by atoms with E-state index < -0.39 is 134 Å². The normalized spacial score (nSPS) is 14.6. The highest BCUT2D eigenvalue weighted by molar-refractivity contribution is 7.80. The van der Waals surface area contributed by atoms with Crippen LogP contribution in [0.3, 0.4) is 0 Å². The standard InChI is InChI=1S/C38H51N9O15S/c1-18(49)31(37(60)45-26(38(61)62)12-19-5-3-2-4-6-19)47-29(52)15-41-33(56)24(13-28(40)51)43-35(58)25(14-30(53)54)44-36(59)27(16-48)46-34(57)23(42-32(55)22(39)17-63)11-20-7-9-21(50)10-8-20/h2-10,18,22-27,31,48-50,63H,11-17,39H2,1H3,(H2,40,51)(H,41,56)(H,42,55)(H,43,58)(H,44,59)(H,45,60)(H,46,57)(H,47,52)(H,53,54)(H,61,62)/t18-,22+,23+,24+,25+,26+,27+,31+/m1/s1. The zero-order valence-electron chi connectivity index (χ0n) is 33.7. The second kappa shape index (κ2) is 25.8. The number of phenols is 1. The molecule has 16 N–H and O–H groups in total. The van der Waals surface area contributed by atoms with Crippen molar-refractivity contribution in [2.45, 2.75) is 81.0 Å². The summed E-state index contributed by atoms with van der Waals surface area (Å²) >= 11 is 3.95. The van der Waals surface area contributed by atoms with Crippen LogP contribution in [0.5, 0.6) is 5.75 Å². The van der Waals surface area contributed by atoms with E-state index in [0.29, 0.717) is 11.1 Å². The molecular formula is C38H51N9O15S. The first-order chi connectivity index (χ1) is 29.6. The van der Waals surface area contributed by atoms with Crippen LogP contribution in [0.2, 0.25) is 0 Å². The number of phenolic OH excluding ortho intramolecular Hbond substituents is 1. The number of carbonyl (C=O) groups excluding carboxylic acids is 8. The van der Waals surface area contributed by atoms with Crippen molar-refractivity contribution in [1.82, 2.24) is 37.2 Å². The number of thiol groups is 1. The van der Waals surface area contributed by atoms with Crippen LogP contribution in [0.4, 0.5) is 0 Å². The summed E-state index contributed by atoms with van der Waals surface area (Å²) < 4.78 is 0. The Morgan fingerprint density at radius 1 is 0.635 bits per heavy atom. The average Bonchev–Trinajstić information content (AvgIpc) is 3.22. The topological polar surface area (TPSA) is 408 Å². The number of hydrogen-bond donors (Lipinski definition) is 15. The lowest BCUT2D eigenvalue weighted by Gasteiger charge is -2.25. The fraction of sp³-hybridized carbons (Fsp3) is 0.421. The van der Waals surface area contributed by atoms with E-state index >= 15 is 0 Å². The molecule has 344 valence electrons. The molecule has 25 heteroatoms. The van der Waals surface area contributed by atoms with Crippen LogP contribution in [-0.2, 0) is 60.8 Å². The highest BCUT2D eigenvalue weighted by Gasteiger charge is 2.34. The Balaban J connectivity index is 2.16. The maximum Gasteiger partial charge on any atom is 0.326 e. The van der Waals surface area contributed by atoms with Gasteiger partial charge in [0.25, 0.3) is 0 Å². The zero-order valence-corrected chi connectivity index (χ0v) is 34.6. The molecule has 0 aliphatic heterocycles. The van der Waals surface area contributed by atoms with E-state index in [2.05, 4.69) is 39.2 Å². The van der Waals surface area contributed by atoms with Gasteiger partial charge in [-0.1, -0.05) is 42.5 Å². The van der Waals surface area contributed by atoms with E-state index in [1.165, 1.54) is 24.3 Å². The molecule has 24 nitrogen and oxygen atoms in total. The minimum absolute atomic E-state index is 0.0956. The third-order valence-corrected chi connectivity index (χ3v) is 9.20. The summed E-state index contributed by atoms with van der Waals surface area (Å²) in [5.74, 6) is -12.4. The second-order valence-electron chi connectivity index (χ2n) is 13.9. The van der Waals surface area contributed by atoms with E-state index in [1.54, 1.807) is 30.3 Å². The van der Waals surface area contributed by atoms with E-state index in [4.69, 9.17) is 11.5 Å². The van der Waals surface area contributed by atoms with Crippen LogP contribution in [0.15, 0.2) is 54.6 Å². The molecule has 2 aromatic rings. The fourth-order valence-corrected chi connectivity index (χ4v) is 5.64. The van der Waals surface area contributed by atoms with Gasteiger partial charge in [0.15, 0.2) is 0 Å². The minimum atomic E-state index is -2.03. The number of rotatable bonds is 26. The molecule has 0 spiro atoms. The zero-order chi connectivity index (χ0) is 47.4. The number of hydrogen-bond acceptors (Lipinski definition) is 15. The van der Waals surface area contributed by atoms with Crippen molar-refractivity contribution in [1.29, 1.82) is 0 Å². The Hall–Kier alpha value is -6.83. The van der Waals surface area contributed by atoms with Crippen LogP contribution in [-0.4, -0.2) is 152 Å². The van der Waals surface area contributed by atoms with Gasteiger partial charge in [-0.3, -0.25) is 43.2 Å². The number of nitrogens with two attached hydrogens (primary N) is 2. The highest BCUT2D eigenvalue weighted by atomic mass is 32.1. The van der Waals surface area contributed by atoms with Gasteiger partial charge in [-0.05, 0) is 30.2 Å². The van der Waals surface area contributed by atoms with E-state index in [1.807, 2.05) is 10.6 Å². The Morgan fingerprint density at radius 3 is 1.65 bits per heavy atom.